The first-order chi connectivity index (χ1) is 9.18. The molecule has 1 aliphatic rings. The summed E-state index contributed by atoms with van der Waals surface area (Å²) in [6.07, 6.45) is 0.119. The molecule has 0 unspecified atom stereocenters. The number of carbonyl (C=O) groups excluding carboxylic acids is 1. The van der Waals surface area contributed by atoms with Crippen LogP contribution in [-0.2, 0) is 4.79 Å². The summed E-state index contributed by atoms with van der Waals surface area (Å²) in [6, 6.07) is 3.51. The van der Waals surface area contributed by atoms with Gasteiger partial charge in [0.2, 0.25) is 5.91 Å². The van der Waals surface area contributed by atoms with Gasteiger partial charge in [-0.15, -0.1) is 0 Å². The van der Waals surface area contributed by atoms with E-state index in [0.29, 0.717) is 13.1 Å². The highest BCUT2D eigenvalue weighted by molar-refractivity contribution is 5.76. The number of nitrogens with one attached hydrogen (secondary N) is 1. The fourth-order valence-corrected chi connectivity index (χ4v) is 1.93. The number of piperazine rings is 1. The minimum atomic E-state index is -0.755. The van der Waals surface area contributed by atoms with Crippen molar-refractivity contribution in [2.24, 2.45) is 0 Å². The third-order valence-electron chi connectivity index (χ3n) is 2.95. The average Bonchev–Trinajstić information content (AvgIpc) is 2.43. The van der Waals surface area contributed by atoms with Crippen molar-refractivity contribution in [1.82, 2.24) is 10.2 Å². The second-order valence-electron chi connectivity index (χ2n) is 4.28. The van der Waals surface area contributed by atoms with E-state index < -0.39 is 17.4 Å². The molecule has 0 aliphatic carbocycles. The van der Waals surface area contributed by atoms with Gasteiger partial charge in [0.05, 0.1) is 13.0 Å². The fourth-order valence-electron chi connectivity index (χ4n) is 1.93. The Labute approximate surface area is 110 Å². The number of amides is 1. The molecule has 1 aliphatic heterocycles. The molecule has 6 heteroatoms. The summed E-state index contributed by atoms with van der Waals surface area (Å²) in [5.74, 6) is -1.99. The molecule has 0 atom stereocenters. The number of nitrogens with zero attached hydrogens (tertiary/aromatic N) is 1. The number of halogens is 2. The number of hydrogen-bond acceptors (Lipinski definition) is 3. The highest BCUT2D eigenvalue weighted by Gasteiger charge is 2.16. The predicted molar refractivity (Wildman–Crippen MR) is 65.9 cm³/mol. The van der Waals surface area contributed by atoms with Gasteiger partial charge in [-0.1, -0.05) is 6.07 Å². The molecule has 1 aromatic carbocycles. The molecule has 19 heavy (non-hydrogen) atoms. The minimum absolute atomic E-state index is 0.0272. The SMILES string of the molecule is O=C(CCOc1c(F)cccc1F)N1CCNCC1. The van der Waals surface area contributed by atoms with E-state index in [1.165, 1.54) is 6.07 Å². The van der Waals surface area contributed by atoms with E-state index in [4.69, 9.17) is 4.74 Å². The molecule has 0 aromatic heterocycles. The molecule has 2 rings (SSSR count). The Morgan fingerprint density at radius 3 is 2.53 bits per heavy atom. The van der Waals surface area contributed by atoms with Gasteiger partial charge in [-0.3, -0.25) is 4.79 Å². The molecule has 1 N–H and O–H groups in total. The Balaban J connectivity index is 1.81. The van der Waals surface area contributed by atoms with Crippen LogP contribution < -0.4 is 10.1 Å². The van der Waals surface area contributed by atoms with Crippen molar-refractivity contribution >= 4 is 5.91 Å². The predicted octanol–water partition coefficient (Wildman–Crippen LogP) is 1.17. The highest BCUT2D eigenvalue weighted by atomic mass is 19.1. The van der Waals surface area contributed by atoms with Crippen molar-refractivity contribution in [3.63, 3.8) is 0 Å². The number of hydrogen-bond donors (Lipinski definition) is 1. The Morgan fingerprint density at radius 1 is 1.26 bits per heavy atom. The van der Waals surface area contributed by atoms with Crippen molar-refractivity contribution in [1.29, 1.82) is 0 Å². The highest BCUT2D eigenvalue weighted by Crippen LogP contribution is 2.20. The number of para-hydroxylation sites is 1. The molecule has 1 heterocycles. The van der Waals surface area contributed by atoms with Crippen LogP contribution in [0, 0.1) is 11.6 Å². The Hall–Kier alpha value is -1.69. The lowest BCUT2D eigenvalue weighted by atomic mass is 10.3. The molecule has 0 bridgehead atoms. The monoisotopic (exact) mass is 270 g/mol. The summed E-state index contributed by atoms with van der Waals surface area (Å²) in [7, 11) is 0. The normalized spacial score (nSPS) is 15.4. The maximum absolute atomic E-state index is 13.3. The van der Waals surface area contributed by atoms with Crippen LogP contribution in [0.3, 0.4) is 0 Å². The molecule has 1 saturated heterocycles. The standard InChI is InChI=1S/C13H16F2N2O2/c14-10-2-1-3-11(15)13(10)19-9-4-12(18)17-7-5-16-6-8-17/h1-3,16H,4-9H2. The first-order valence-corrected chi connectivity index (χ1v) is 6.24. The van der Waals surface area contributed by atoms with Crippen molar-refractivity contribution in [2.45, 2.75) is 6.42 Å². The summed E-state index contributed by atoms with van der Waals surface area (Å²) in [5.41, 5.74) is 0. The molecule has 1 amide bonds. The average molecular weight is 270 g/mol. The minimum Gasteiger partial charge on any atom is -0.487 e. The first kappa shape index (κ1) is 13.7. The van der Waals surface area contributed by atoms with Gasteiger partial charge in [-0.2, -0.15) is 0 Å². The van der Waals surface area contributed by atoms with Gasteiger partial charge in [0.25, 0.3) is 0 Å². The van der Waals surface area contributed by atoms with E-state index in [1.54, 1.807) is 4.90 Å². The second kappa shape index (κ2) is 6.47. The third-order valence-corrected chi connectivity index (χ3v) is 2.95. The van der Waals surface area contributed by atoms with Crippen LogP contribution in [0.15, 0.2) is 18.2 Å². The molecule has 104 valence electrons. The van der Waals surface area contributed by atoms with Crippen molar-refractivity contribution < 1.29 is 18.3 Å². The lowest BCUT2D eigenvalue weighted by molar-refractivity contribution is -0.132. The van der Waals surface area contributed by atoms with E-state index in [1.807, 2.05) is 0 Å². The van der Waals surface area contributed by atoms with Gasteiger partial charge in [-0.05, 0) is 12.1 Å². The van der Waals surface area contributed by atoms with Crippen LogP contribution >= 0.6 is 0 Å². The quantitative estimate of drug-likeness (QED) is 0.893. The van der Waals surface area contributed by atoms with Crippen molar-refractivity contribution in [3.05, 3.63) is 29.8 Å². The number of ether oxygens (including phenoxy) is 1. The summed E-state index contributed by atoms with van der Waals surface area (Å²) in [4.78, 5) is 13.5. The lowest BCUT2D eigenvalue weighted by Crippen LogP contribution is -2.46. The zero-order valence-corrected chi connectivity index (χ0v) is 10.5. The summed E-state index contributed by atoms with van der Waals surface area (Å²) in [6.45, 7) is 2.84. The molecule has 0 spiro atoms. The zero-order valence-electron chi connectivity index (χ0n) is 10.5. The van der Waals surface area contributed by atoms with Gasteiger partial charge in [0, 0.05) is 26.2 Å². The second-order valence-corrected chi connectivity index (χ2v) is 4.28. The molecule has 1 fully saturated rings. The van der Waals surface area contributed by atoms with Gasteiger partial charge in [0.1, 0.15) is 0 Å². The van der Waals surface area contributed by atoms with Crippen LogP contribution in [0.25, 0.3) is 0 Å². The topological polar surface area (TPSA) is 41.6 Å². The molecule has 0 saturated carbocycles. The third kappa shape index (κ3) is 3.64. The summed E-state index contributed by atoms with van der Waals surface area (Å²) < 4.78 is 31.5. The van der Waals surface area contributed by atoms with E-state index in [9.17, 15) is 13.6 Å². The van der Waals surface area contributed by atoms with Crippen molar-refractivity contribution in [2.75, 3.05) is 32.8 Å². The molecule has 0 radical (unpaired) electrons. The Bertz CT molecular complexity index is 428. The molecule has 1 aromatic rings. The van der Waals surface area contributed by atoms with Crippen LogP contribution in [0.1, 0.15) is 6.42 Å². The zero-order chi connectivity index (χ0) is 13.7. The van der Waals surface area contributed by atoms with Gasteiger partial charge < -0.3 is 15.0 Å². The Kier molecular flexibility index (Phi) is 4.68. The van der Waals surface area contributed by atoms with Gasteiger partial charge in [-0.25, -0.2) is 8.78 Å². The lowest BCUT2D eigenvalue weighted by Gasteiger charge is -2.27. The van der Waals surface area contributed by atoms with E-state index in [-0.39, 0.29) is 18.9 Å². The van der Waals surface area contributed by atoms with Crippen LogP contribution in [0.4, 0.5) is 8.78 Å². The summed E-state index contributed by atoms with van der Waals surface area (Å²) in [5, 5.41) is 3.14. The molecular weight excluding hydrogens is 254 g/mol. The smallest absolute Gasteiger partial charge is 0.226 e. The van der Waals surface area contributed by atoms with Crippen LogP contribution in [0.2, 0.25) is 0 Å². The van der Waals surface area contributed by atoms with E-state index >= 15 is 0 Å². The number of benzene rings is 1. The van der Waals surface area contributed by atoms with Crippen LogP contribution in [-0.4, -0.2) is 43.6 Å². The molecular formula is C13H16F2N2O2. The maximum Gasteiger partial charge on any atom is 0.226 e. The fraction of sp³-hybridized carbons (Fsp3) is 0.462. The van der Waals surface area contributed by atoms with E-state index in [2.05, 4.69) is 5.32 Å². The molecule has 4 nitrogen and oxygen atoms in total. The summed E-state index contributed by atoms with van der Waals surface area (Å²) >= 11 is 0. The largest absolute Gasteiger partial charge is 0.487 e. The van der Waals surface area contributed by atoms with Crippen molar-refractivity contribution in [3.8, 4) is 5.75 Å². The van der Waals surface area contributed by atoms with E-state index in [0.717, 1.165) is 25.2 Å². The number of carbonyl (C=O) groups is 1. The Morgan fingerprint density at radius 2 is 1.89 bits per heavy atom. The van der Waals surface area contributed by atoms with Gasteiger partial charge in [0.15, 0.2) is 17.4 Å². The number of rotatable bonds is 4. The van der Waals surface area contributed by atoms with Gasteiger partial charge >= 0.3 is 0 Å². The van der Waals surface area contributed by atoms with Crippen LogP contribution in [0.5, 0.6) is 5.75 Å². The first-order valence-electron chi connectivity index (χ1n) is 6.24. The maximum atomic E-state index is 13.3.